The molecule has 15 heavy (non-hydrogen) atoms. The molecular formula is C11H16ClN3. The first-order chi connectivity index (χ1) is 6.88. The van der Waals surface area contributed by atoms with E-state index in [1.54, 1.807) is 0 Å². The molecule has 0 aromatic heterocycles. The lowest BCUT2D eigenvalue weighted by Gasteiger charge is -2.06. The van der Waals surface area contributed by atoms with Crippen molar-refractivity contribution in [2.24, 2.45) is 4.99 Å². The molecule has 1 heterocycles. The predicted octanol–water partition coefficient (Wildman–Crippen LogP) is 2.04. The van der Waals surface area contributed by atoms with Gasteiger partial charge in [-0.25, -0.2) is 0 Å². The van der Waals surface area contributed by atoms with Gasteiger partial charge < -0.3 is 10.6 Å². The zero-order valence-electron chi connectivity index (χ0n) is 8.79. The maximum Gasteiger partial charge on any atom is 0.195 e. The number of rotatable bonds is 2. The van der Waals surface area contributed by atoms with E-state index in [4.69, 9.17) is 0 Å². The molecule has 0 saturated carbocycles. The lowest BCUT2D eigenvalue weighted by Crippen LogP contribution is -2.26. The maximum absolute atomic E-state index is 4.27. The molecule has 0 radical (unpaired) electrons. The van der Waals surface area contributed by atoms with E-state index < -0.39 is 0 Å². The van der Waals surface area contributed by atoms with Gasteiger partial charge >= 0.3 is 0 Å². The van der Waals surface area contributed by atoms with Gasteiger partial charge in [0.2, 0.25) is 0 Å². The molecule has 0 saturated heterocycles. The van der Waals surface area contributed by atoms with E-state index >= 15 is 0 Å². The molecule has 2 N–H and O–H groups in total. The van der Waals surface area contributed by atoms with Crippen LogP contribution in [-0.4, -0.2) is 19.0 Å². The summed E-state index contributed by atoms with van der Waals surface area (Å²) in [5.41, 5.74) is 2.45. The third-order valence-corrected chi connectivity index (χ3v) is 2.30. The van der Waals surface area contributed by atoms with E-state index in [2.05, 4.69) is 46.8 Å². The fraction of sp³-hybridized carbons (Fsp3) is 0.364. The van der Waals surface area contributed by atoms with Crippen LogP contribution in [0.5, 0.6) is 0 Å². The normalized spacial score (nSPS) is 13.8. The SMILES string of the molecule is CCc1ccc(NC2=NCCN2)cc1.Cl. The number of aliphatic imine (C=N–C) groups is 1. The van der Waals surface area contributed by atoms with E-state index in [1.165, 1.54) is 5.56 Å². The molecule has 0 atom stereocenters. The molecule has 0 unspecified atom stereocenters. The van der Waals surface area contributed by atoms with Gasteiger partial charge in [0.25, 0.3) is 0 Å². The van der Waals surface area contributed by atoms with E-state index in [0.717, 1.165) is 31.2 Å². The topological polar surface area (TPSA) is 36.4 Å². The van der Waals surface area contributed by atoms with Crippen molar-refractivity contribution in [3.05, 3.63) is 29.8 Å². The van der Waals surface area contributed by atoms with Crippen molar-refractivity contribution in [2.45, 2.75) is 13.3 Å². The smallest absolute Gasteiger partial charge is 0.195 e. The summed E-state index contributed by atoms with van der Waals surface area (Å²) in [5, 5.41) is 6.40. The first-order valence-electron chi connectivity index (χ1n) is 5.03. The molecule has 1 aromatic rings. The Balaban J connectivity index is 0.00000112. The third kappa shape index (κ3) is 3.13. The van der Waals surface area contributed by atoms with Gasteiger partial charge in [0.05, 0.1) is 6.54 Å². The quantitative estimate of drug-likeness (QED) is 0.808. The number of halogens is 1. The molecule has 1 aliphatic heterocycles. The second-order valence-electron chi connectivity index (χ2n) is 3.33. The summed E-state index contributed by atoms with van der Waals surface area (Å²) in [7, 11) is 0. The fourth-order valence-electron chi connectivity index (χ4n) is 1.44. The Morgan fingerprint density at radius 3 is 2.60 bits per heavy atom. The van der Waals surface area contributed by atoms with Gasteiger partial charge in [-0.1, -0.05) is 19.1 Å². The van der Waals surface area contributed by atoms with Gasteiger partial charge in [-0.2, -0.15) is 0 Å². The number of guanidine groups is 1. The molecule has 0 spiro atoms. The number of hydrogen-bond acceptors (Lipinski definition) is 3. The zero-order chi connectivity index (χ0) is 9.80. The van der Waals surface area contributed by atoms with Crippen LogP contribution >= 0.6 is 12.4 Å². The van der Waals surface area contributed by atoms with Crippen LogP contribution in [0.25, 0.3) is 0 Å². The zero-order valence-corrected chi connectivity index (χ0v) is 9.60. The molecule has 3 nitrogen and oxygen atoms in total. The number of benzene rings is 1. The van der Waals surface area contributed by atoms with E-state index in [1.807, 2.05) is 0 Å². The van der Waals surface area contributed by atoms with Crippen molar-refractivity contribution >= 4 is 24.1 Å². The summed E-state index contributed by atoms with van der Waals surface area (Å²) < 4.78 is 0. The Morgan fingerprint density at radius 1 is 1.33 bits per heavy atom. The Hall–Kier alpha value is -1.22. The number of anilines is 1. The largest absolute Gasteiger partial charge is 0.354 e. The molecule has 0 amide bonds. The van der Waals surface area contributed by atoms with Crippen LogP contribution in [0, 0.1) is 0 Å². The third-order valence-electron chi connectivity index (χ3n) is 2.30. The molecule has 1 aliphatic rings. The second-order valence-corrected chi connectivity index (χ2v) is 3.33. The van der Waals surface area contributed by atoms with Crippen molar-refractivity contribution in [3.63, 3.8) is 0 Å². The van der Waals surface area contributed by atoms with Crippen LogP contribution in [0.15, 0.2) is 29.3 Å². The molecule has 4 heteroatoms. The summed E-state index contributed by atoms with van der Waals surface area (Å²) in [4.78, 5) is 4.27. The highest BCUT2D eigenvalue weighted by molar-refractivity contribution is 5.94. The first-order valence-corrected chi connectivity index (χ1v) is 5.03. The predicted molar refractivity (Wildman–Crippen MR) is 67.0 cm³/mol. The highest BCUT2D eigenvalue weighted by Crippen LogP contribution is 2.09. The van der Waals surface area contributed by atoms with E-state index in [9.17, 15) is 0 Å². The summed E-state index contributed by atoms with van der Waals surface area (Å²) in [5.74, 6) is 0.884. The Bertz CT molecular complexity index is 332. The molecule has 2 rings (SSSR count). The van der Waals surface area contributed by atoms with Crippen molar-refractivity contribution in [2.75, 3.05) is 18.4 Å². The first kappa shape index (κ1) is 11.9. The summed E-state index contributed by atoms with van der Waals surface area (Å²) in [6.07, 6.45) is 1.08. The minimum absolute atomic E-state index is 0. The Labute approximate surface area is 96.4 Å². The highest BCUT2D eigenvalue weighted by Gasteiger charge is 2.03. The second kappa shape index (κ2) is 5.61. The van der Waals surface area contributed by atoms with Crippen molar-refractivity contribution < 1.29 is 0 Å². The number of aryl methyl sites for hydroxylation is 1. The average Bonchev–Trinajstić information content (AvgIpc) is 2.72. The average molecular weight is 226 g/mol. The van der Waals surface area contributed by atoms with Crippen LogP contribution in [0.2, 0.25) is 0 Å². The van der Waals surface area contributed by atoms with E-state index in [0.29, 0.717) is 0 Å². The van der Waals surface area contributed by atoms with Gasteiger partial charge in [-0.3, -0.25) is 4.99 Å². The monoisotopic (exact) mass is 225 g/mol. The van der Waals surface area contributed by atoms with Crippen LogP contribution in [0.4, 0.5) is 5.69 Å². The Kier molecular flexibility index (Phi) is 4.43. The van der Waals surface area contributed by atoms with Gasteiger partial charge in [-0.05, 0) is 24.1 Å². The van der Waals surface area contributed by atoms with Crippen LogP contribution < -0.4 is 10.6 Å². The molecular weight excluding hydrogens is 210 g/mol. The molecule has 82 valence electrons. The van der Waals surface area contributed by atoms with Crippen molar-refractivity contribution in [1.29, 1.82) is 0 Å². The van der Waals surface area contributed by atoms with Gasteiger partial charge in [0.1, 0.15) is 0 Å². The van der Waals surface area contributed by atoms with Crippen molar-refractivity contribution in [3.8, 4) is 0 Å². The Morgan fingerprint density at radius 2 is 2.07 bits per heavy atom. The number of nitrogens with one attached hydrogen (secondary N) is 2. The minimum Gasteiger partial charge on any atom is -0.354 e. The number of hydrogen-bond donors (Lipinski definition) is 2. The van der Waals surface area contributed by atoms with Gasteiger partial charge in [0, 0.05) is 12.2 Å². The molecule has 1 aromatic carbocycles. The highest BCUT2D eigenvalue weighted by atomic mass is 35.5. The maximum atomic E-state index is 4.27. The van der Waals surface area contributed by atoms with Crippen LogP contribution in [-0.2, 0) is 6.42 Å². The lowest BCUT2D eigenvalue weighted by molar-refractivity contribution is 0.959. The summed E-state index contributed by atoms with van der Waals surface area (Å²) >= 11 is 0. The van der Waals surface area contributed by atoms with Gasteiger partial charge in [0.15, 0.2) is 5.96 Å². The van der Waals surface area contributed by atoms with Crippen LogP contribution in [0.1, 0.15) is 12.5 Å². The number of nitrogens with zero attached hydrogens (tertiary/aromatic N) is 1. The molecule has 0 bridgehead atoms. The standard InChI is InChI=1S/C11H15N3.ClH/c1-2-9-3-5-10(6-4-9)14-11-12-7-8-13-11;/h3-6H,2,7-8H2,1H3,(H2,12,13,14);1H. The lowest BCUT2D eigenvalue weighted by atomic mass is 10.1. The summed E-state index contributed by atoms with van der Waals surface area (Å²) in [6.45, 7) is 3.97. The van der Waals surface area contributed by atoms with E-state index in [-0.39, 0.29) is 12.4 Å². The van der Waals surface area contributed by atoms with Crippen LogP contribution in [0.3, 0.4) is 0 Å². The minimum atomic E-state index is 0. The summed E-state index contributed by atoms with van der Waals surface area (Å²) in [6, 6.07) is 8.44. The van der Waals surface area contributed by atoms with Gasteiger partial charge in [-0.15, -0.1) is 12.4 Å². The molecule has 0 fully saturated rings. The molecule has 0 aliphatic carbocycles. The van der Waals surface area contributed by atoms with Crippen molar-refractivity contribution in [1.82, 2.24) is 5.32 Å². The fourth-order valence-corrected chi connectivity index (χ4v) is 1.44.